The summed E-state index contributed by atoms with van der Waals surface area (Å²) in [5.41, 5.74) is 6.95. The third kappa shape index (κ3) is 4.48. The fourth-order valence-corrected chi connectivity index (χ4v) is 3.53. The third-order valence-corrected chi connectivity index (χ3v) is 4.99. The second kappa shape index (κ2) is 8.91. The summed E-state index contributed by atoms with van der Waals surface area (Å²) in [6.07, 6.45) is 1.93. The van der Waals surface area contributed by atoms with Crippen LogP contribution in [-0.4, -0.2) is 23.4 Å². The zero-order chi connectivity index (χ0) is 21.0. The minimum absolute atomic E-state index is 0.302. The van der Waals surface area contributed by atoms with Gasteiger partial charge in [-0.05, 0) is 62.6 Å². The van der Waals surface area contributed by atoms with Gasteiger partial charge >= 0.3 is 5.97 Å². The Hall–Kier alpha value is -3.14. The van der Waals surface area contributed by atoms with Gasteiger partial charge in [-0.2, -0.15) is 0 Å². The molecular formula is C25H28N2O2. The van der Waals surface area contributed by atoms with Crippen molar-refractivity contribution in [3.05, 3.63) is 82.7 Å². The van der Waals surface area contributed by atoms with Crippen molar-refractivity contribution in [2.24, 2.45) is 4.99 Å². The zero-order valence-corrected chi connectivity index (χ0v) is 17.8. The fraction of sp³-hybridized carbons (Fsp3) is 0.280. The summed E-state index contributed by atoms with van der Waals surface area (Å²) in [6.45, 7) is 10.7. The SMILES string of the molecule is CCOC(=O)c1cccc(-n2c(C)cc(C=Nc3ccccc3C(C)C)c2C)c1. The van der Waals surface area contributed by atoms with Gasteiger partial charge in [0.15, 0.2) is 0 Å². The van der Waals surface area contributed by atoms with E-state index in [-0.39, 0.29) is 5.97 Å². The van der Waals surface area contributed by atoms with Gasteiger partial charge in [0.05, 0.1) is 17.9 Å². The van der Waals surface area contributed by atoms with Crippen molar-refractivity contribution in [1.29, 1.82) is 0 Å². The van der Waals surface area contributed by atoms with Crippen LogP contribution >= 0.6 is 0 Å². The number of hydrogen-bond donors (Lipinski definition) is 0. The molecule has 29 heavy (non-hydrogen) atoms. The highest BCUT2D eigenvalue weighted by Crippen LogP contribution is 2.27. The van der Waals surface area contributed by atoms with E-state index < -0.39 is 0 Å². The van der Waals surface area contributed by atoms with Crippen molar-refractivity contribution >= 4 is 17.9 Å². The average molecular weight is 389 g/mol. The molecule has 0 amide bonds. The predicted molar refractivity (Wildman–Crippen MR) is 119 cm³/mol. The molecule has 0 N–H and O–H groups in total. The largest absolute Gasteiger partial charge is 0.462 e. The Labute approximate surface area is 172 Å². The van der Waals surface area contributed by atoms with Crippen LogP contribution in [0, 0.1) is 13.8 Å². The highest BCUT2D eigenvalue weighted by atomic mass is 16.5. The van der Waals surface area contributed by atoms with Gasteiger partial charge in [-0.3, -0.25) is 4.99 Å². The van der Waals surface area contributed by atoms with Crippen molar-refractivity contribution in [3.8, 4) is 5.69 Å². The van der Waals surface area contributed by atoms with Gasteiger partial charge in [-0.15, -0.1) is 0 Å². The van der Waals surface area contributed by atoms with Crippen LogP contribution in [0.15, 0.2) is 59.6 Å². The minimum Gasteiger partial charge on any atom is -0.462 e. The second-order valence-corrected chi connectivity index (χ2v) is 7.40. The smallest absolute Gasteiger partial charge is 0.338 e. The molecule has 0 fully saturated rings. The number of ether oxygens (including phenoxy) is 1. The Morgan fingerprint density at radius 1 is 1.10 bits per heavy atom. The lowest BCUT2D eigenvalue weighted by molar-refractivity contribution is 0.0526. The lowest BCUT2D eigenvalue weighted by Crippen LogP contribution is -2.06. The van der Waals surface area contributed by atoms with Gasteiger partial charge in [-0.1, -0.05) is 38.1 Å². The number of carbonyl (C=O) groups is 1. The number of rotatable bonds is 6. The Bertz CT molecular complexity index is 1040. The lowest BCUT2D eigenvalue weighted by atomic mass is 10.0. The van der Waals surface area contributed by atoms with Crippen LogP contribution in [0.3, 0.4) is 0 Å². The number of esters is 1. The Kier molecular flexibility index (Phi) is 6.32. The van der Waals surface area contributed by atoms with E-state index in [1.807, 2.05) is 43.5 Å². The Morgan fingerprint density at radius 2 is 1.86 bits per heavy atom. The van der Waals surface area contributed by atoms with Gasteiger partial charge in [0, 0.05) is 28.9 Å². The maximum atomic E-state index is 12.1. The van der Waals surface area contributed by atoms with Crippen molar-refractivity contribution in [1.82, 2.24) is 4.57 Å². The molecule has 4 nitrogen and oxygen atoms in total. The maximum absolute atomic E-state index is 12.1. The summed E-state index contributed by atoms with van der Waals surface area (Å²) < 4.78 is 7.27. The monoisotopic (exact) mass is 388 g/mol. The van der Waals surface area contributed by atoms with E-state index in [4.69, 9.17) is 9.73 Å². The van der Waals surface area contributed by atoms with Gasteiger partial charge in [0.2, 0.25) is 0 Å². The molecule has 0 spiro atoms. The molecule has 0 radical (unpaired) electrons. The molecule has 3 aromatic rings. The van der Waals surface area contributed by atoms with Crippen molar-refractivity contribution < 1.29 is 9.53 Å². The van der Waals surface area contributed by atoms with Crippen molar-refractivity contribution in [2.45, 2.75) is 40.5 Å². The second-order valence-electron chi connectivity index (χ2n) is 7.40. The van der Waals surface area contributed by atoms with Crippen molar-refractivity contribution in [3.63, 3.8) is 0 Å². The normalized spacial score (nSPS) is 11.4. The molecule has 1 aromatic heterocycles. The van der Waals surface area contributed by atoms with E-state index in [2.05, 4.69) is 50.5 Å². The van der Waals surface area contributed by atoms with Gasteiger partial charge in [0.25, 0.3) is 0 Å². The average Bonchev–Trinajstić information content (AvgIpc) is 3.00. The molecule has 4 heteroatoms. The zero-order valence-electron chi connectivity index (χ0n) is 17.8. The van der Waals surface area contributed by atoms with E-state index >= 15 is 0 Å². The fourth-order valence-electron chi connectivity index (χ4n) is 3.53. The number of aromatic nitrogens is 1. The van der Waals surface area contributed by atoms with Crippen LogP contribution < -0.4 is 0 Å². The number of aryl methyl sites for hydroxylation is 1. The Morgan fingerprint density at radius 3 is 2.59 bits per heavy atom. The topological polar surface area (TPSA) is 43.6 Å². The summed E-state index contributed by atoms with van der Waals surface area (Å²) >= 11 is 0. The number of nitrogens with zero attached hydrogens (tertiary/aromatic N) is 2. The van der Waals surface area contributed by atoms with Crippen LogP contribution in [0.5, 0.6) is 0 Å². The van der Waals surface area contributed by atoms with Crippen LogP contribution in [0.4, 0.5) is 5.69 Å². The first-order valence-electron chi connectivity index (χ1n) is 10.0. The molecule has 3 rings (SSSR count). The first-order valence-corrected chi connectivity index (χ1v) is 10.0. The summed E-state index contributed by atoms with van der Waals surface area (Å²) in [5.74, 6) is 0.116. The van der Waals surface area contributed by atoms with Crippen molar-refractivity contribution in [2.75, 3.05) is 6.61 Å². The van der Waals surface area contributed by atoms with Crippen LogP contribution in [-0.2, 0) is 4.74 Å². The summed E-state index contributed by atoms with van der Waals surface area (Å²) in [6, 6.07) is 17.9. The molecule has 0 atom stereocenters. The number of para-hydroxylation sites is 1. The number of carbonyl (C=O) groups excluding carboxylic acids is 1. The molecule has 0 unspecified atom stereocenters. The highest BCUT2D eigenvalue weighted by molar-refractivity contribution is 5.90. The molecular weight excluding hydrogens is 360 g/mol. The molecule has 0 aliphatic rings. The lowest BCUT2D eigenvalue weighted by Gasteiger charge is -2.11. The first kappa shape index (κ1) is 20.6. The van der Waals surface area contributed by atoms with E-state index in [9.17, 15) is 4.79 Å². The van der Waals surface area contributed by atoms with E-state index in [0.717, 1.165) is 28.3 Å². The van der Waals surface area contributed by atoms with Crippen LogP contribution in [0.2, 0.25) is 0 Å². The number of hydrogen-bond acceptors (Lipinski definition) is 3. The van der Waals surface area contributed by atoms with Crippen LogP contribution in [0.1, 0.15) is 59.6 Å². The first-order chi connectivity index (χ1) is 13.9. The van der Waals surface area contributed by atoms with E-state index in [1.54, 1.807) is 6.07 Å². The van der Waals surface area contributed by atoms with Gasteiger partial charge < -0.3 is 9.30 Å². The standard InChI is InChI=1S/C25H28N2O2/c1-6-29-25(28)20-10-9-11-22(15-20)27-18(4)14-21(19(27)5)16-26-24-13-8-7-12-23(24)17(2)3/h7-17H,6H2,1-5H3. The summed E-state index contributed by atoms with van der Waals surface area (Å²) in [4.78, 5) is 16.9. The van der Waals surface area contributed by atoms with E-state index in [1.165, 1.54) is 5.56 Å². The molecule has 0 aliphatic carbocycles. The Balaban J connectivity index is 1.96. The highest BCUT2D eigenvalue weighted by Gasteiger charge is 2.13. The van der Waals surface area contributed by atoms with Gasteiger partial charge in [-0.25, -0.2) is 4.79 Å². The number of benzene rings is 2. The quantitative estimate of drug-likeness (QED) is 0.376. The van der Waals surface area contributed by atoms with Crippen LogP contribution in [0.25, 0.3) is 5.69 Å². The van der Waals surface area contributed by atoms with E-state index in [0.29, 0.717) is 18.1 Å². The maximum Gasteiger partial charge on any atom is 0.338 e. The number of aliphatic imine (C=N–C) groups is 1. The molecule has 0 saturated carbocycles. The molecule has 0 bridgehead atoms. The summed E-state index contributed by atoms with van der Waals surface area (Å²) in [7, 11) is 0. The minimum atomic E-state index is -0.302. The third-order valence-electron chi connectivity index (χ3n) is 4.99. The molecule has 0 saturated heterocycles. The summed E-state index contributed by atoms with van der Waals surface area (Å²) in [5, 5.41) is 0. The molecule has 150 valence electrons. The molecule has 1 heterocycles. The molecule has 0 aliphatic heterocycles. The van der Waals surface area contributed by atoms with Gasteiger partial charge in [0.1, 0.15) is 0 Å². The predicted octanol–water partition coefficient (Wildman–Crippen LogP) is 6.14. The molecule has 2 aromatic carbocycles.